The Morgan fingerprint density at radius 3 is 2.20 bits per heavy atom. The van der Waals surface area contributed by atoms with E-state index in [4.69, 9.17) is 4.74 Å². The number of hydrogen-bond donors (Lipinski definition) is 1. The molecule has 0 aliphatic carbocycles. The van der Waals surface area contributed by atoms with Crippen LogP contribution in [-0.4, -0.2) is 44.9 Å². The van der Waals surface area contributed by atoms with E-state index in [-0.39, 0.29) is 10.8 Å². The lowest BCUT2D eigenvalue weighted by atomic mass is 10.2. The summed E-state index contributed by atoms with van der Waals surface area (Å²) in [5.74, 6) is -0.253. The molecular formula is C17H17BrN2O4S. The lowest BCUT2D eigenvalue weighted by Crippen LogP contribution is -2.40. The lowest BCUT2D eigenvalue weighted by molar-refractivity contribution is 0.0730. The standard InChI is InChI=1S/C17H17BrN2O4S/c18-14-3-1-13(2-4-14)17(21)19-15-5-7-16(8-6-15)25(22,23)20-9-11-24-12-10-20/h1-8H,9-12H2,(H,19,21). The second-order valence-corrected chi connectivity index (χ2v) is 8.36. The van der Waals surface area contributed by atoms with Crippen molar-refractivity contribution < 1.29 is 17.9 Å². The first-order valence-electron chi connectivity index (χ1n) is 7.72. The van der Waals surface area contributed by atoms with Crippen molar-refractivity contribution >= 4 is 37.5 Å². The summed E-state index contributed by atoms with van der Waals surface area (Å²) in [6.45, 7) is 1.51. The predicted octanol–water partition coefficient (Wildman–Crippen LogP) is 2.72. The molecule has 2 aromatic carbocycles. The van der Waals surface area contributed by atoms with Gasteiger partial charge in [-0.2, -0.15) is 4.31 Å². The van der Waals surface area contributed by atoms with Crippen LogP contribution in [0, 0.1) is 0 Å². The van der Waals surface area contributed by atoms with Gasteiger partial charge in [-0.1, -0.05) is 15.9 Å². The number of carbonyl (C=O) groups excluding carboxylic acids is 1. The molecular weight excluding hydrogens is 408 g/mol. The van der Waals surface area contributed by atoms with Crippen molar-refractivity contribution in [1.29, 1.82) is 0 Å². The van der Waals surface area contributed by atoms with Gasteiger partial charge in [-0.05, 0) is 48.5 Å². The van der Waals surface area contributed by atoms with E-state index in [9.17, 15) is 13.2 Å². The predicted molar refractivity (Wildman–Crippen MR) is 98.1 cm³/mol. The van der Waals surface area contributed by atoms with Gasteiger partial charge in [0.05, 0.1) is 18.1 Å². The van der Waals surface area contributed by atoms with Crippen LogP contribution in [0.3, 0.4) is 0 Å². The fourth-order valence-electron chi connectivity index (χ4n) is 2.45. The van der Waals surface area contributed by atoms with Gasteiger partial charge in [-0.25, -0.2) is 8.42 Å². The molecule has 25 heavy (non-hydrogen) atoms. The van der Waals surface area contributed by atoms with Gasteiger partial charge < -0.3 is 10.1 Å². The van der Waals surface area contributed by atoms with Gasteiger partial charge in [0.25, 0.3) is 5.91 Å². The summed E-state index contributed by atoms with van der Waals surface area (Å²) < 4.78 is 32.6. The first-order valence-corrected chi connectivity index (χ1v) is 9.95. The molecule has 1 saturated heterocycles. The van der Waals surface area contributed by atoms with E-state index in [1.54, 1.807) is 36.4 Å². The number of amides is 1. The van der Waals surface area contributed by atoms with Crippen molar-refractivity contribution in [3.05, 3.63) is 58.6 Å². The Kier molecular flexibility index (Phi) is 5.53. The highest BCUT2D eigenvalue weighted by molar-refractivity contribution is 9.10. The summed E-state index contributed by atoms with van der Waals surface area (Å²) in [5, 5.41) is 2.75. The average molecular weight is 425 g/mol. The van der Waals surface area contributed by atoms with Gasteiger partial charge in [-0.15, -0.1) is 0 Å². The summed E-state index contributed by atoms with van der Waals surface area (Å²) >= 11 is 3.32. The molecule has 3 rings (SSSR count). The van der Waals surface area contributed by atoms with Gasteiger partial charge >= 0.3 is 0 Å². The molecule has 2 aromatic rings. The summed E-state index contributed by atoms with van der Waals surface area (Å²) in [6, 6.07) is 13.2. The third kappa shape index (κ3) is 4.27. The smallest absolute Gasteiger partial charge is 0.255 e. The third-order valence-electron chi connectivity index (χ3n) is 3.83. The third-order valence-corrected chi connectivity index (χ3v) is 6.27. The molecule has 1 amide bonds. The molecule has 0 bridgehead atoms. The van der Waals surface area contributed by atoms with Crippen LogP contribution in [0.5, 0.6) is 0 Å². The Bertz CT molecular complexity index is 845. The number of halogens is 1. The van der Waals surface area contributed by atoms with E-state index in [0.717, 1.165) is 4.47 Å². The highest BCUT2D eigenvalue weighted by Crippen LogP contribution is 2.20. The highest BCUT2D eigenvalue weighted by Gasteiger charge is 2.26. The molecule has 0 unspecified atom stereocenters. The molecule has 1 fully saturated rings. The Hall–Kier alpha value is -1.74. The fourth-order valence-corrected chi connectivity index (χ4v) is 4.12. The molecule has 8 heteroatoms. The molecule has 0 radical (unpaired) electrons. The topological polar surface area (TPSA) is 75.7 Å². The molecule has 1 heterocycles. The number of nitrogens with one attached hydrogen (secondary N) is 1. The number of benzene rings is 2. The number of anilines is 1. The molecule has 0 spiro atoms. The lowest BCUT2D eigenvalue weighted by Gasteiger charge is -2.26. The van der Waals surface area contributed by atoms with Crippen molar-refractivity contribution in [2.24, 2.45) is 0 Å². The van der Waals surface area contributed by atoms with Crippen LogP contribution in [0.4, 0.5) is 5.69 Å². The Balaban J connectivity index is 1.71. The maximum absolute atomic E-state index is 12.6. The van der Waals surface area contributed by atoms with Crippen molar-refractivity contribution in [3.63, 3.8) is 0 Å². The van der Waals surface area contributed by atoms with Crippen LogP contribution in [0.25, 0.3) is 0 Å². The van der Waals surface area contributed by atoms with Gasteiger partial charge in [0, 0.05) is 28.8 Å². The summed E-state index contributed by atoms with van der Waals surface area (Å²) in [7, 11) is -3.53. The summed E-state index contributed by atoms with van der Waals surface area (Å²) in [6.07, 6.45) is 0. The minimum Gasteiger partial charge on any atom is -0.379 e. The van der Waals surface area contributed by atoms with Crippen molar-refractivity contribution in [2.75, 3.05) is 31.6 Å². The molecule has 1 aliphatic rings. The van der Waals surface area contributed by atoms with E-state index in [0.29, 0.717) is 37.6 Å². The van der Waals surface area contributed by atoms with Crippen molar-refractivity contribution in [2.45, 2.75) is 4.90 Å². The first kappa shape index (κ1) is 18.1. The van der Waals surface area contributed by atoms with Gasteiger partial charge in [-0.3, -0.25) is 4.79 Å². The molecule has 0 atom stereocenters. The number of sulfonamides is 1. The Morgan fingerprint density at radius 2 is 1.60 bits per heavy atom. The number of hydrogen-bond acceptors (Lipinski definition) is 4. The van der Waals surface area contributed by atoms with Crippen LogP contribution in [-0.2, 0) is 14.8 Å². The van der Waals surface area contributed by atoms with Gasteiger partial charge in [0.1, 0.15) is 0 Å². The quantitative estimate of drug-likeness (QED) is 0.818. The number of rotatable bonds is 4. The van der Waals surface area contributed by atoms with Crippen LogP contribution in [0.1, 0.15) is 10.4 Å². The molecule has 6 nitrogen and oxygen atoms in total. The van der Waals surface area contributed by atoms with Gasteiger partial charge in [0.15, 0.2) is 0 Å². The minimum atomic E-state index is -3.53. The Labute approximate surface area is 155 Å². The zero-order valence-corrected chi connectivity index (χ0v) is 15.7. The maximum Gasteiger partial charge on any atom is 0.255 e. The highest BCUT2D eigenvalue weighted by atomic mass is 79.9. The summed E-state index contributed by atoms with van der Waals surface area (Å²) in [4.78, 5) is 12.4. The van der Waals surface area contributed by atoms with Crippen LogP contribution >= 0.6 is 15.9 Å². The van der Waals surface area contributed by atoms with Crippen LogP contribution in [0.15, 0.2) is 57.9 Å². The monoisotopic (exact) mass is 424 g/mol. The molecule has 1 N–H and O–H groups in total. The number of nitrogens with zero attached hydrogens (tertiary/aromatic N) is 1. The largest absolute Gasteiger partial charge is 0.379 e. The van der Waals surface area contributed by atoms with Crippen molar-refractivity contribution in [1.82, 2.24) is 4.31 Å². The number of morpholine rings is 1. The average Bonchev–Trinajstić information content (AvgIpc) is 2.63. The molecule has 1 aliphatic heterocycles. The Morgan fingerprint density at radius 1 is 1.00 bits per heavy atom. The van der Waals surface area contributed by atoms with E-state index in [2.05, 4.69) is 21.2 Å². The molecule has 0 aromatic heterocycles. The van der Waals surface area contributed by atoms with Gasteiger partial charge in [0.2, 0.25) is 10.0 Å². The fraction of sp³-hybridized carbons (Fsp3) is 0.235. The van der Waals surface area contributed by atoms with E-state index < -0.39 is 10.0 Å². The second kappa shape index (κ2) is 7.65. The SMILES string of the molecule is O=C(Nc1ccc(S(=O)(=O)N2CCOCC2)cc1)c1ccc(Br)cc1. The minimum absolute atomic E-state index is 0.205. The number of ether oxygens (including phenoxy) is 1. The van der Waals surface area contributed by atoms with E-state index in [1.165, 1.54) is 16.4 Å². The molecule has 132 valence electrons. The summed E-state index contributed by atoms with van der Waals surface area (Å²) in [5.41, 5.74) is 1.06. The second-order valence-electron chi connectivity index (χ2n) is 5.50. The van der Waals surface area contributed by atoms with Crippen molar-refractivity contribution in [3.8, 4) is 0 Å². The van der Waals surface area contributed by atoms with Crippen LogP contribution < -0.4 is 5.32 Å². The zero-order chi connectivity index (χ0) is 17.9. The molecule has 0 saturated carbocycles. The zero-order valence-electron chi connectivity index (χ0n) is 13.3. The number of carbonyl (C=O) groups is 1. The van der Waals surface area contributed by atoms with E-state index in [1.807, 2.05) is 0 Å². The van der Waals surface area contributed by atoms with Crippen LogP contribution in [0.2, 0.25) is 0 Å². The maximum atomic E-state index is 12.6. The first-order chi connectivity index (χ1) is 12.0. The van der Waals surface area contributed by atoms with E-state index >= 15 is 0 Å². The normalized spacial score (nSPS) is 15.7.